The maximum atomic E-state index is 12.9. The molecule has 0 saturated heterocycles. The van der Waals surface area contributed by atoms with Crippen LogP contribution in [-0.2, 0) is 0 Å². The van der Waals surface area contributed by atoms with Gasteiger partial charge in [-0.3, -0.25) is 4.79 Å². The molecule has 0 N–H and O–H groups in total. The lowest BCUT2D eigenvalue weighted by atomic mass is 9.78. The predicted molar refractivity (Wildman–Crippen MR) is 83.8 cm³/mol. The second kappa shape index (κ2) is 4.90. The van der Waals surface area contributed by atoms with Gasteiger partial charge in [0.25, 0.3) is 5.56 Å². The van der Waals surface area contributed by atoms with Gasteiger partial charge in [-0.1, -0.05) is 26.7 Å². The number of fused-ring (bicyclic) bond motifs is 3. The molecule has 4 rings (SSSR count). The monoisotopic (exact) mass is 297 g/mol. The number of nitrogens with zero attached hydrogens (tertiary/aromatic N) is 5. The van der Waals surface area contributed by atoms with E-state index in [9.17, 15) is 4.79 Å². The molecule has 0 unspecified atom stereocenters. The van der Waals surface area contributed by atoms with Gasteiger partial charge in [0.1, 0.15) is 5.52 Å². The molecule has 0 spiro atoms. The maximum Gasteiger partial charge on any atom is 0.280 e. The third-order valence-electron chi connectivity index (χ3n) is 5.20. The number of hydrogen-bond donors (Lipinski definition) is 0. The van der Waals surface area contributed by atoms with Gasteiger partial charge >= 0.3 is 0 Å². The zero-order chi connectivity index (χ0) is 15.3. The van der Waals surface area contributed by atoms with Gasteiger partial charge in [0.05, 0.1) is 6.20 Å². The topological polar surface area (TPSA) is 65.1 Å². The Morgan fingerprint density at radius 3 is 2.91 bits per heavy atom. The van der Waals surface area contributed by atoms with Gasteiger partial charge in [-0.2, -0.15) is 5.10 Å². The molecule has 3 heterocycles. The normalized spacial score (nSPS) is 25.8. The van der Waals surface area contributed by atoms with Crippen LogP contribution in [0.25, 0.3) is 16.7 Å². The van der Waals surface area contributed by atoms with Gasteiger partial charge in [0.2, 0.25) is 0 Å². The Morgan fingerprint density at radius 2 is 2.05 bits per heavy atom. The summed E-state index contributed by atoms with van der Waals surface area (Å²) in [6, 6.07) is 3.95. The Labute approximate surface area is 127 Å². The highest BCUT2D eigenvalue weighted by molar-refractivity contribution is 5.74. The minimum absolute atomic E-state index is 0.0617. The predicted octanol–water partition coefficient (Wildman–Crippen LogP) is 2.44. The summed E-state index contributed by atoms with van der Waals surface area (Å²) in [5, 5.41) is 12.4. The van der Waals surface area contributed by atoms with Crippen LogP contribution in [0.4, 0.5) is 0 Å². The van der Waals surface area contributed by atoms with E-state index >= 15 is 0 Å². The largest absolute Gasteiger partial charge is 0.310 e. The van der Waals surface area contributed by atoms with Gasteiger partial charge < -0.3 is 4.57 Å². The molecule has 0 radical (unpaired) electrons. The molecule has 0 amide bonds. The van der Waals surface area contributed by atoms with Crippen molar-refractivity contribution in [2.75, 3.05) is 0 Å². The SMILES string of the molecule is C[C@H]1[C@H](C)CCC[C@H]1n1ccc2c(nnc3ccnn32)c1=O. The summed E-state index contributed by atoms with van der Waals surface area (Å²) in [6.45, 7) is 4.52. The summed E-state index contributed by atoms with van der Waals surface area (Å²) >= 11 is 0. The first-order valence-corrected chi connectivity index (χ1v) is 7.88. The van der Waals surface area contributed by atoms with Gasteiger partial charge in [0.15, 0.2) is 11.2 Å². The van der Waals surface area contributed by atoms with Crippen LogP contribution in [-0.4, -0.2) is 24.4 Å². The fourth-order valence-electron chi connectivity index (χ4n) is 3.66. The van der Waals surface area contributed by atoms with Crippen molar-refractivity contribution in [3.05, 3.63) is 34.9 Å². The summed E-state index contributed by atoms with van der Waals surface area (Å²) in [4.78, 5) is 12.9. The summed E-state index contributed by atoms with van der Waals surface area (Å²) in [5.41, 5.74) is 1.70. The van der Waals surface area contributed by atoms with E-state index in [0.717, 1.165) is 6.42 Å². The third-order valence-corrected chi connectivity index (χ3v) is 5.20. The molecule has 3 aromatic heterocycles. The summed E-state index contributed by atoms with van der Waals surface area (Å²) in [5.74, 6) is 1.13. The lowest BCUT2D eigenvalue weighted by molar-refractivity contribution is 0.183. The van der Waals surface area contributed by atoms with E-state index in [2.05, 4.69) is 29.1 Å². The van der Waals surface area contributed by atoms with Crippen LogP contribution in [0.3, 0.4) is 0 Å². The summed E-state index contributed by atoms with van der Waals surface area (Å²) in [6.07, 6.45) is 7.03. The molecule has 1 saturated carbocycles. The molecule has 6 heteroatoms. The van der Waals surface area contributed by atoms with E-state index in [1.165, 1.54) is 12.8 Å². The Morgan fingerprint density at radius 1 is 1.18 bits per heavy atom. The molecular weight excluding hydrogens is 278 g/mol. The molecule has 6 nitrogen and oxygen atoms in total. The number of aromatic nitrogens is 5. The maximum absolute atomic E-state index is 12.9. The molecule has 1 aliphatic rings. The Kier molecular flexibility index (Phi) is 2.99. The molecule has 1 aliphatic carbocycles. The quantitative estimate of drug-likeness (QED) is 0.692. The fraction of sp³-hybridized carbons (Fsp3) is 0.500. The van der Waals surface area contributed by atoms with Crippen LogP contribution in [0.5, 0.6) is 0 Å². The van der Waals surface area contributed by atoms with Crippen molar-refractivity contribution in [3.63, 3.8) is 0 Å². The fourth-order valence-corrected chi connectivity index (χ4v) is 3.66. The highest BCUT2D eigenvalue weighted by Gasteiger charge is 2.29. The van der Waals surface area contributed by atoms with Gasteiger partial charge in [0, 0.05) is 18.3 Å². The lowest BCUT2D eigenvalue weighted by Gasteiger charge is -2.35. The Hall–Kier alpha value is -2.24. The van der Waals surface area contributed by atoms with Crippen LogP contribution in [0.1, 0.15) is 39.2 Å². The number of rotatable bonds is 1. The van der Waals surface area contributed by atoms with Gasteiger partial charge in [-0.25, -0.2) is 4.52 Å². The Balaban J connectivity index is 1.91. The van der Waals surface area contributed by atoms with E-state index < -0.39 is 0 Å². The van der Waals surface area contributed by atoms with Gasteiger partial charge in [-0.15, -0.1) is 10.2 Å². The van der Waals surface area contributed by atoms with Gasteiger partial charge in [-0.05, 0) is 24.3 Å². The zero-order valence-electron chi connectivity index (χ0n) is 12.8. The summed E-state index contributed by atoms with van der Waals surface area (Å²) < 4.78 is 3.52. The van der Waals surface area contributed by atoms with E-state index in [1.807, 2.05) is 16.8 Å². The first-order valence-electron chi connectivity index (χ1n) is 7.88. The first kappa shape index (κ1) is 13.4. The molecular formula is C16H19N5O. The second-order valence-corrected chi connectivity index (χ2v) is 6.40. The van der Waals surface area contributed by atoms with Crippen molar-refractivity contribution >= 4 is 16.7 Å². The molecule has 114 valence electrons. The van der Waals surface area contributed by atoms with Crippen molar-refractivity contribution in [2.24, 2.45) is 11.8 Å². The van der Waals surface area contributed by atoms with Crippen LogP contribution in [0.15, 0.2) is 29.3 Å². The zero-order valence-corrected chi connectivity index (χ0v) is 12.8. The molecule has 0 bridgehead atoms. The van der Waals surface area contributed by atoms with E-state index in [0.29, 0.717) is 28.5 Å². The molecule has 3 aromatic rings. The number of pyridine rings is 1. The van der Waals surface area contributed by atoms with E-state index in [4.69, 9.17) is 0 Å². The minimum atomic E-state index is -0.0617. The molecule has 0 aromatic carbocycles. The molecule has 1 fully saturated rings. The van der Waals surface area contributed by atoms with Crippen molar-refractivity contribution in [1.29, 1.82) is 0 Å². The summed E-state index contributed by atoms with van der Waals surface area (Å²) in [7, 11) is 0. The Bertz CT molecular complexity index is 896. The van der Waals surface area contributed by atoms with Crippen molar-refractivity contribution in [1.82, 2.24) is 24.4 Å². The van der Waals surface area contributed by atoms with E-state index in [-0.39, 0.29) is 11.6 Å². The van der Waals surface area contributed by atoms with E-state index in [1.54, 1.807) is 16.8 Å². The second-order valence-electron chi connectivity index (χ2n) is 6.40. The highest BCUT2D eigenvalue weighted by Crippen LogP contribution is 2.36. The molecule has 3 atom stereocenters. The van der Waals surface area contributed by atoms with Crippen LogP contribution in [0.2, 0.25) is 0 Å². The highest BCUT2D eigenvalue weighted by atomic mass is 16.1. The van der Waals surface area contributed by atoms with Crippen molar-refractivity contribution in [3.8, 4) is 0 Å². The lowest BCUT2D eigenvalue weighted by Crippen LogP contribution is -2.34. The van der Waals surface area contributed by atoms with Crippen LogP contribution < -0.4 is 5.56 Å². The molecule has 22 heavy (non-hydrogen) atoms. The average Bonchev–Trinajstić information content (AvgIpc) is 3.00. The standard InChI is InChI=1S/C16H19N5O/c1-10-4-3-5-12(11(10)2)20-9-7-13-15(16(20)22)19-18-14-6-8-17-21(13)14/h6-12H,3-5H2,1-2H3/t10-,11+,12-/m1/s1. The van der Waals surface area contributed by atoms with Crippen LogP contribution in [0, 0.1) is 11.8 Å². The van der Waals surface area contributed by atoms with Crippen molar-refractivity contribution < 1.29 is 0 Å². The smallest absolute Gasteiger partial charge is 0.280 e. The average molecular weight is 297 g/mol. The first-order chi connectivity index (χ1) is 10.7. The van der Waals surface area contributed by atoms with Crippen LogP contribution >= 0.6 is 0 Å². The minimum Gasteiger partial charge on any atom is -0.310 e. The third kappa shape index (κ3) is 1.86. The number of hydrogen-bond acceptors (Lipinski definition) is 4. The van der Waals surface area contributed by atoms with Crippen molar-refractivity contribution in [2.45, 2.75) is 39.2 Å². The molecule has 0 aliphatic heterocycles.